The number of nitrogens with zero attached hydrogens (tertiary/aromatic N) is 1. The number of Topliss-reactive ketones (excluding diaryl/α,β-unsaturated/α-hetero) is 1. The Hall–Kier alpha value is -3.55. The number of hydrogen-bond acceptors (Lipinski definition) is 5. The van der Waals surface area contributed by atoms with Crippen LogP contribution in [0.2, 0.25) is 0 Å². The second-order valence-corrected chi connectivity index (χ2v) is 6.97. The van der Waals surface area contributed by atoms with Gasteiger partial charge in [-0.3, -0.25) is 9.59 Å². The zero-order valence-electron chi connectivity index (χ0n) is 15.9. The Morgan fingerprint density at radius 3 is 2.66 bits per heavy atom. The van der Waals surface area contributed by atoms with Crippen molar-refractivity contribution in [2.45, 2.75) is 19.4 Å². The molecule has 0 aliphatic carbocycles. The molecule has 0 saturated carbocycles. The molecule has 1 atom stereocenters. The smallest absolute Gasteiger partial charge is 0.319 e. The number of carbonyl (C=O) groups excluding carboxylic acids is 3. The maximum Gasteiger partial charge on any atom is 0.319 e. The van der Waals surface area contributed by atoms with Crippen LogP contribution in [0.1, 0.15) is 23.7 Å². The normalized spacial score (nSPS) is 17.8. The van der Waals surface area contributed by atoms with E-state index in [1.165, 1.54) is 6.92 Å². The highest BCUT2D eigenvalue weighted by molar-refractivity contribution is 5.99. The Kier molecular flexibility index (Phi) is 5.07. The van der Waals surface area contributed by atoms with Crippen LogP contribution in [0.3, 0.4) is 0 Å². The van der Waals surface area contributed by atoms with Crippen molar-refractivity contribution in [3.63, 3.8) is 0 Å². The molecule has 4 rings (SSSR count). The van der Waals surface area contributed by atoms with Gasteiger partial charge in [0.1, 0.15) is 13.2 Å². The summed E-state index contributed by atoms with van der Waals surface area (Å²) in [5.41, 5.74) is 1.74. The highest BCUT2D eigenvalue weighted by Gasteiger charge is 2.32. The maximum atomic E-state index is 12.5. The monoisotopic (exact) mass is 395 g/mol. The lowest BCUT2D eigenvalue weighted by atomic mass is 10.1. The van der Waals surface area contributed by atoms with Crippen LogP contribution in [0.5, 0.6) is 11.5 Å². The molecule has 1 fully saturated rings. The lowest BCUT2D eigenvalue weighted by Gasteiger charge is -2.22. The van der Waals surface area contributed by atoms with E-state index in [2.05, 4.69) is 10.6 Å². The van der Waals surface area contributed by atoms with E-state index in [4.69, 9.17) is 9.47 Å². The quantitative estimate of drug-likeness (QED) is 0.776. The molecule has 0 unspecified atom stereocenters. The number of hydrogen-bond donors (Lipinski definition) is 2. The minimum atomic E-state index is -0.424. The van der Waals surface area contributed by atoms with Crippen molar-refractivity contribution in [2.75, 3.05) is 30.0 Å². The van der Waals surface area contributed by atoms with Crippen LogP contribution in [0, 0.1) is 0 Å². The molecule has 8 nitrogen and oxygen atoms in total. The first kappa shape index (κ1) is 18.8. The molecular weight excluding hydrogens is 374 g/mol. The molecule has 150 valence electrons. The van der Waals surface area contributed by atoms with E-state index in [1.807, 2.05) is 0 Å². The van der Waals surface area contributed by atoms with Gasteiger partial charge in [0.05, 0.1) is 6.04 Å². The molecule has 0 radical (unpaired) electrons. The third-order valence-electron chi connectivity index (χ3n) is 4.82. The third kappa shape index (κ3) is 4.16. The van der Waals surface area contributed by atoms with Crippen LogP contribution in [-0.4, -0.2) is 43.5 Å². The molecule has 3 amide bonds. The van der Waals surface area contributed by atoms with Crippen molar-refractivity contribution >= 4 is 29.1 Å². The molecule has 0 aromatic heterocycles. The Morgan fingerprint density at radius 2 is 1.86 bits per heavy atom. The van der Waals surface area contributed by atoms with Gasteiger partial charge in [-0.15, -0.1) is 0 Å². The maximum absolute atomic E-state index is 12.5. The summed E-state index contributed by atoms with van der Waals surface area (Å²) in [6.45, 7) is 2.81. The minimum Gasteiger partial charge on any atom is -0.486 e. The van der Waals surface area contributed by atoms with E-state index >= 15 is 0 Å². The topological polar surface area (TPSA) is 97.0 Å². The van der Waals surface area contributed by atoms with Crippen LogP contribution >= 0.6 is 0 Å². The van der Waals surface area contributed by atoms with Crippen LogP contribution in [0.25, 0.3) is 0 Å². The standard InChI is InChI=1S/C21H21N3O5/c1-13(25)14-3-2-4-15(9-14)22-21(27)23-16-10-20(26)24(12-16)17-5-6-18-19(11-17)29-8-7-28-18/h2-6,9,11,16H,7-8,10,12H2,1H3,(H2,22,23,27)/t16-/m1/s1. The van der Waals surface area contributed by atoms with E-state index in [0.29, 0.717) is 48.2 Å². The fourth-order valence-electron chi connectivity index (χ4n) is 3.42. The van der Waals surface area contributed by atoms with Crippen molar-refractivity contribution < 1.29 is 23.9 Å². The molecule has 2 aliphatic heterocycles. The average molecular weight is 395 g/mol. The molecule has 0 spiro atoms. The Morgan fingerprint density at radius 1 is 1.07 bits per heavy atom. The number of rotatable bonds is 4. The van der Waals surface area contributed by atoms with E-state index < -0.39 is 6.03 Å². The van der Waals surface area contributed by atoms with Crippen molar-refractivity contribution in [2.24, 2.45) is 0 Å². The summed E-state index contributed by atoms with van der Waals surface area (Å²) in [6.07, 6.45) is 0.204. The molecule has 2 aromatic rings. The summed E-state index contributed by atoms with van der Waals surface area (Å²) < 4.78 is 11.1. The summed E-state index contributed by atoms with van der Waals surface area (Å²) in [6, 6.07) is 11.3. The molecular formula is C21H21N3O5. The second kappa shape index (κ2) is 7.83. The Bertz CT molecular complexity index is 975. The SMILES string of the molecule is CC(=O)c1cccc(NC(=O)N[C@@H]2CC(=O)N(c3ccc4c(c3)OCCO4)C2)c1. The van der Waals surface area contributed by atoms with Gasteiger partial charge < -0.3 is 25.0 Å². The van der Waals surface area contributed by atoms with Crippen LogP contribution in [-0.2, 0) is 4.79 Å². The molecule has 8 heteroatoms. The first-order chi connectivity index (χ1) is 14.0. The lowest BCUT2D eigenvalue weighted by molar-refractivity contribution is -0.117. The molecule has 29 heavy (non-hydrogen) atoms. The van der Waals surface area contributed by atoms with Gasteiger partial charge in [0.2, 0.25) is 5.91 Å². The molecule has 2 aliphatic rings. The van der Waals surface area contributed by atoms with Crippen molar-refractivity contribution in [3.8, 4) is 11.5 Å². The third-order valence-corrected chi connectivity index (χ3v) is 4.82. The number of benzene rings is 2. The zero-order valence-corrected chi connectivity index (χ0v) is 15.9. The van der Waals surface area contributed by atoms with E-state index in [9.17, 15) is 14.4 Å². The van der Waals surface area contributed by atoms with Crippen LogP contribution in [0.4, 0.5) is 16.2 Å². The fourth-order valence-corrected chi connectivity index (χ4v) is 3.42. The van der Waals surface area contributed by atoms with Gasteiger partial charge in [0, 0.05) is 36.0 Å². The van der Waals surface area contributed by atoms with Gasteiger partial charge in [-0.1, -0.05) is 12.1 Å². The summed E-state index contributed by atoms with van der Waals surface area (Å²) >= 11 is 0. The number of amides is 3. The Balaban J connectivity index is 1.39. The molecule has 2 N–H and O–H groups in total. The predicted molar refractivity (Wildman–Crippen MR) is 107 cm³/mol. The van der Waals surface area contributed by atoms with Gasteiger partial charge >= 0.3 is 6.03 Å². The number of nitrogens with one attached hydrogen (secondary N) is 2. The highest BCUT2D eigenvalue weighted by Crippen LogP contribution is 2.35. The fraction of sp³-hybridized carbons (Fsp3) is 0.286. The number of ether oxygens (including phenoxy) is 2. The summed E-state index contributed by atoms with van der Waals surface area (Å²) in [4.78, 5) is 37.9. The number of fused-ring (bicyclic) bond motifs is 1. The summed E-state index contributed by atoms with van der Waals surface area (Å²) in [5, 5.41) is 5.52. The number of ketones is 1. The van der Waals surface area contributed by atoms with Crippen molar-refractivity contribution in [3.05, 3.63) is 48.0 Å². The average Bonchev–Trinajstić information content (AvgIpc) is 3.07. The molecule has 2 heterocycles. The van der Waals surface area contributed by atoms with Gasteiger partial charge in [0.15, 0.2) is 17.3 Å². The van der Waals surface area contributed by atoms with Crippen molar-refractivity contribution in [1.82, 2.24) is 5.32 Å². The van der Waals surface area contributed by atoms with Gasteiger partial charge in [-0.05, 0) is 31.2 Å². The van der Waals surface area contributed by atoms with Gasteiger partial charge in [-0.25, -0.2) is 4.79 Å². The van der Waals surface area contributed by atoms with E-state index in [1.54, 1.807) is 47.4 Å². The van der Waals surface area contributed by atoms with E-state index in [0.717, 1.165) is 0 Å². The number of anilines is 2. The van der Waals surface area contributed by atoms with Crippen LogP contribution < -0.4 is 25.0 Å². The number of urea groups is 1. The minimum absolute atomic E-state index is 0.0782. The van der Waals surface area contributed by atoms with Crippen LogP contribution in [0.15, 0.2) is 42.5 Å². The number of carbonyl (C=O) groups is 3. The molecule has 0 bridgehead atoms. The molecule has 1 saturated heterocycles. The highest BCUT2D eigenvalue weighted by atomic mass is 16.6. The molecule has 2 aromatic carbocycles. The second-order valence-electron chi connectivity index (χ2n) is 6.97. The largest absolute Gasteiger partial charge is 0.486 e. The Labute approximate surface area is 167 Å². The lowest BCUT2D eigenvalue weighted by Crippen LogP contribution is -2.39. The summed E-state index contributed by atoms with van der Waals surface area (Å²) in [5.74, 6) is 1.12. The summed E-state index contributed by atoms with van der Waals surface area (Å²) in [7, 11) is 0. The van der Waals surface area contributed by atoms with E-state index in [-0.39, 0.29) is 24.2 Å². The van der Waals surface area contributed by atoms with Gasteiger partial charge in [-0.2, -0.15) is 0 Å². The first-order valence-electron chi connectivity index (χ1n) is 9.38. The first-order valence-corrected chi connectivity index (χ1v) is 9.38. The van der Waals surface area contributed by atoms with Crippen molar-refractivity contribution in [1.29, 1.82) is 0 Å². The predicted octanol–water partition coefficient (Wildman–Crippen LogP) is 2.59. The van der Waals surface area contributed by atoms with Gasteiger partial charge in [0.25, 0.3) is 0 Å². The zero-order chi connectivity index (χ0) is 20.4.